The highest BCUT2D eigenvalue weighted by atomic mass is 16.4. The summed E-state index contributed by atoms with van der Waals surface area (Å²) in [6, 6.07) is 5.84. The first-order valence-electron chi connectivity index (χ1n) is 4.63. The molecule has 2 rings (SSSR count). The van der Waals surface area contributed by atoms with Crippen LogP contribution in [0.5, 0.6) is 0 Å². The molecular formula is C10H12N2O2. The Morgan fingerprint density at radius 3 is 3.07 bits per heavy atom. The molecule has 0 aromatic carbocycles. The van der Waals surface area contributed by atoms with E-state index in [9.17, 15) is 4.79 Å². The highest BCUT2D eigenvalue weighted by molar-refractivity contribution is 5.74. The van der Waals surface area contributed by atoms with Gasteiger partial charge in [-0.15, -0.1) is 0 Å². The highest BCUT2D eigenvalue weighted by Crippen LogP contribution is 2.30. The van der Waals surface area contributed by atoms with Crippen LogP contribution in [-0.4, -0.2) is 22.1 Å². The van der Waals surface area contributed by atoms with Crippen molar-refractivity contribution in [3.05, 3.63) is 30.1 Å². The van der Waals surface area contributed by atoms with Crippen molar-refractivity contribution < 1.29 is 9.90 Å². The van der Waals surface area contributed by atoms with E-state index in [1.165, 1.54) is 0 Å². The van der Waals surface area contributed by atoms with E-state index in [0.717, 1.165) is 12.1 Å². The zero-order valence-electron chi connectivity index (χ0n) is 7.68. The van der Waals surface area contributed by atoms with Gasteiger partial charge in [-0.25, -0.2) is 0 Å². The molecular weight excluding hydrogens is 180 g/mol. The van der Waals surface area contributed by atoms with Crippen LogP contribution in [0.25, 0.3) is 0 Å². The Kier molecular flexibility index (Phi) is 2.45. The number of carbonyl (C=O) groups is 1. The first kappa shape index (κ1) is 9.15. The average molecular weight is 192 g/mol. The normalized spacial score (nSPS) is 24.6. The molecule has 14 heavy (non-hydrogen) atoms. The molecule has 0 spiro atoms. The minimum atomic E-state index is -0.705. The lowest BCUT2D eigenvalue weighted by Gasteiger charge is -2.01. The predicted molar refractivity (Wildman–Crippen MR) is 50.6 cm³/mol. The summed E-state index contributed by atoms with van der Waals surface area (Å²) in [6.07, 6.45) is 2.47. The number of rotatable bonds is 4. The Hall–Kier alpha value is -1.42. The van der Waals surface area contributed by atoms with Crippen molar-refractivity contribution >= 4 is 5.97 Å². The maximum absolute atomic E-state index is 10.5. The van der Waals surface area contributed by atoms with Gasteiger partial charge in [-0.05, 0) is 18.6 Å². The summed E-state index contributed by atoms with van der Waals surface area (Å²) in [4.78, 5) is 14.7. The van der Waals surface area contributed by atoms with Gasteiger partial charge < -0.3 is 10.4 Å². The van der Waals surface area contributed by atoms with Crippen LogP contribution >= 0.6 is 0 Å². The summed E-state index contributed by atoms with van der Waals surface area (Å²) < 4.78 is 0. The second-order valence-corrected chi connectivity index (χ2v) is 3.49. The maximum atomic E-state index is 10.5. The second kappa shape index (κ2) is 3.75. The predicted octanol–water partition coefficient (Wildman–Crippen LogP) is 0.644. The van der Waals surface area contributed by atoms with Gasteiger partial charge in [0.25, 0.3) is 0 Å². The van der Waals surface area contributed by atoms with Crippen molar-refractivity contribution in [3.8, 4) is 0 Å². The standard InChI is InChI=1S/C10H12N2O2/c13-10(14)8-5-9(8)12-6-7-3-1-2-4-11-7/h1-4,8-9,12H,5-6H2,(H,13,14). The molecule has 1 heterocycles. The number of aliphatic carboxylic acids is 1. The molecule has 1 fully saturated rings. The van der Waals surface area contributed by atoms with Crippen LogP contribution in [0, 0.1) is 5.92 Å². The SMILES string of the molecule is O=C(O)C1CC1NCc1ccccn1. The molecule has 2 atom stereocenters. The fourth-order valence-corrected chi connectivity index (χ4v) is 1.43. The fraction of sp³-hybridized carbons (Fsp3) is 0.400. The van der Waals surface area contributed by atoms with E-state index in [-0.39, 0.29) is 12.0 Å². The molecule has 0 amide bonds. The molecule has 0 bridgehead atoms. The molecule has 1 aromatic rings. The number of pyridine rings is 1. The summed E-state index contributed by atoms with van der Waals surface area (Å²) in [7, 11) is 0. The molecule has 1 aliphatic rings. The van der Waals surface area contributed by atoms with E-state index in [4.69, 9.17) is 5.11 Å². The largest absolute Gasteiger partial charge is 0.481 e. The van der Waals surface area contributed by atoms with Gasteiger partial charge >= 0.3 is 5.97 Å². The van der Waals surface area contributed by atoms with Crippen LogP contribution in [0.15, 0.2) is 24.4 Å². The van der Waals surface area contributed by atoms with Crippen molar-refractivity contribution in [2.24, 2.45) is 5.92 Å². The van der Waals surface area contributed by atoms with Crippen molar-refractivity contribution in [3.63, 3.8) is 0 Å². The van der Waals surface area contributed by atoms with Gasteiger partial charge in [0, 0.05) is 18.8 Å². The number of nitrogens with zero attached hydrogens (tertiary/aromatic N) is 1. The van der Waals surface area contributed by atoms with E-state index < -0.39 is 5.97 Å². The van der Waals surface area contributed by atoms with Gasteiger partial charge in [0.15, 0.2) is 0 Å². The Morgan fingerprint density at radius 2 is 2.50 bits per heavy atom. The van der Waals surface area contributed by atoms with E-state index in [2.05, 4.69) is 10.3 Å². The summed E-state index contributed by atoms with van der Waals surface area (Å²) in [5.41, 5.74) is 0.948. The third-order valence-electron chi connectivity index (χ3n) is 2.38. The van der Waals surface area contributed by atoms with Crippen LogP contribution in [-0.2, 0) is 11.3 Å². The molecule has 74 valence electrons. The van der Waals surface area contributed by atoms with Gasteiger partial charge in [0.2, 0.25) is 0 Å². The molecule has 2 unspecified atom stereocenters. The number of carboxylic acid groups (broad SMARTS) is 1. The Balaban J connectivity index is 1.77. The average Bonchev–Trinajstić information content (AvgIpc) is 2.96. The van der Waals surface area contributed by atoms with E-state index >= 15 is 0 Å². The smallest absolute Gasteiger partial charge is 0.308 e. The van der Waals surface area contributed by atoms with Crippen molar-refractivity contribution in [1.82, 2.24) is 10.3 Å². The van der Waals surface area contributed by atoms with Crippen molar-refractivity contribution in [1.29, 1.82) is 0 Å². The number of carboxylic acids is 1. The summed E-state index contributed by atoms with van der Waals surface area (Å²) in [5, 5.41) is 11.8. The molecule has 0 aliphatic heterocycles. The van der Waals surface area contributed by atoms with Crippen LogP contribution in [0.4, 0.5) is 0 Å². The fourth-order valence-electron chi connectivity index (χ4n) is 1.43. The van der Waals surface area contributed by atoms with E-state index in [1.807, 2.05) is 18.2 Å². The zero-order chi connectivity index (χ0) is 9.97. The minimum absolute atomic E-state index is 0.134. The number of nitrogens with one attached hydrogen (secondary N) is 1. The van der Waals surface area contributed by atoms with Gasteiger partial charge in [-0.3, -0.25) is 9.78 Å². The minimum Gasteiger partial charge on any atom is -0.481 e. The molecule has 1 saturated carbocycles. The monoisotopic (exact) mass is 192 g/mol. The van der Waals surface area contributed by atoms with Gasteiger partial charge in [-0.2, -0.15) is 0 Å². The Bertz CT molecular complexity index is 326. The highest BCUT2D eigenvalue weighted by Gasteiger charge is 2.42. The number of hydrogen-bond acceptors (Lipinski definition) is 3. The lowest BCUT2D eigenvalue weighted by atomic mass is 10.3. The van der Waals surface area contributed by atoms with Crippen LogP contribution in [0.1, 0.15) is 12.1 Å². The first-order valence-corrected chi connectivity index (χ1v) is 4.63. The summed E-state index contributed by atoms with van der Waals surface area (Å²) in [6.45, 7) is 0.648. The topological polar surface area (TPSA) is 62.2 Å². The zero-order valence-corrected chi connectivity index (χ0v) is 7.68. The molecule has 0 saturated heterocycles. The van der Waals surface area contributed by atoms with E-state index in [1.54, 1.807) is 6.20 Å². The van der Waals surface area contributed by atoms with E-state index in [0.29, 0.717) is 6.54 Å². The third kappa shape index (κ3) is 2.09. The van der Waals surface area contributed by atoms with Gasteiger partial charge in [-0.1, -0.05) is 6.07 Å². The second-order valence-electron chi connectivity index (χ2n) is 3.49. The Morgan fingerprint density at radius 1 is 1.64 bits per heavy atom. The molecule has 4 nitrogen and oxygen atoms in total. The first-order chi connectivity index (χ1) is 6.77. The number of aromatic nitrogens is 1. The van der Waals surface area contributed by atoms with Gasteiger partial charge in [0.05, 0.1) is 11.6 Å². The summed E-state index contributed by atoms with van der Waals surface area (Å²) >= 11 is 0. The van der Waals surface area contributed by atoms with Crippen LogP contribution in [0.2, 0.25) is 0 Å². The van der Waals surface area contributed by atoms with Crippen molar-refractivity contribution in [2.45, 2.75) is 19.0 Å². The van der Waals surface area contributed by atoms with Crippen molar-refractivity contribution in [2.75, 3.05) is 0 Å². The molecule has 1 aliphatic carbocycles. The lowest BCUT2D eigenvalue weighted by molar-refractivity contribution is -0.138. The van der Waals surface area contributed by atoms with Crippen LogP contribution in [0.3, 0.4) is 0 Å². The molecule has 2 N–H and O–H groups in total. The quantitative estimate of drug-likeness (QED) is 0.735. The summed E-state index contributed by atoms with van der Waals surface area (Å²) in [5.74, 6) is -0.901. The molecule has 0 radical (unpaired) electrons. The van der Waals surface area contributed by atoms with Crippen LogP contribution < -0.4 is 5.32 Å². The number of hydrogen-bond donors (Lipinski definition) is 2. The molecule has 1 aromatic heterocycles. The van der Waals surface area contributed by atoms with Gasteiger partial charge in [0.1, 0.15) is 0 Å². The molecule has 4 heteroatoms. The maximum Gasteiger partial charge on any atom is 0.308 e. The Labute approximate surface area is 82.0 Å². The lowest BCUT2D eigenvalue weighted by Crippen LogP contribution is -2.20. The third-order valence-corrected chi connectivity index (χ3v) is 2.38.